The minimum absolute atomic E-state index is 0.277. The Morgan fingerprint density at radius 2 is 1.77 bits per heavy atom. The molecule has 2 fully saturated rings. The number of carbonyl (C=O) groups excluding carboxylic acids is 1. The molecule has 2 aromatic rings. The number of likely N-dealkylation sites (tertiary alicyclic amines) is 2. The highest BCUT2D eigenvalue weighted by Gasteiger charge is 2.35. The summed E-state index contributed by atoms with van der Waals surface area (Å²) >= 11 is 0. The Bertz CT molecular complexity index is 1030. The number of amides is 1. The molecule has 0 bridgehead atoms. The van der Waals surface area contributed by atoms with Gasteiger partial charge in [-0.3, -0.25) is 4.79 Å². The van der Waals surface area contributed by atoms with Crippen molar-refractivity contribution < 1.29 is 23.8 Å². The molecular weight excluding hydrogens is 447 g/mol. The summed E-state index contributed by atoms with van der Waals surface area (Å²) in [5, 5.41) is 9.59. The molecule has 2 aliphatic heterocycles. The monoisotopic (exact) mass is 482 g/mol. The average Bonchev–Trinajstić information content (AvgIpc) is 3.33. The Labute approximate surface area is 206 Å². The van der Waals surface area contributed by atoms with Crippen molar-refractivity contribution in [3.8, 4) is 16.9 Å². The summed E-state index contributed by atoms with van der Waals surface area (Å²) in [5.74, 6) is -0.267. The zero-order valence-corrected chi connectivity index (χ0v) is 20.6. The SMILES string of the molecule is CC(C)(F)CN1CCC(COc2ccc(-c3ccccc3)c(C(=O)N3CCCC3C(=O)O)c2)CC1. The van der Waals surface area contributed by atoms with Crippen LogP contribution in [0.15, 0.2) is 48.5 Å². The summed E-state index contributed by atoms with van der Waals surface area (Å²) in [7, 11) is 0. The first-order chi connectivity index (χ1) is 16.7. The van der Waals surface area contributed by atoms with Gasteiger partial charge in [0.25, 0.3) is 5.91 Å². The van der Waals surface area contributed by atoms with Crippen molar-refractivity contribution in [2.24, 2.45) is 5.92 Å². The zero-order chi connectivity index (χ0) is 25.0. The van der Waals surface area contributed by atoms with Crippen molar-refractivity contribution in [3.63, 3.8) is 0 Å². The van der Waals surface area contributed by atoms with Crippen LogP contribution in [0.2, 0.25) is 0 Å². The van der Waals surface area contributed by atoms with Crippen LogP contribution in [0.3, 0.4) is 0 Å². The van der Waals surface area contributed by atoms with E-state index in [1.54, 1.807) is 19.9 Å². The normalized spacial score (nSPS) is 19.6. The quantitative estimate of drug-likeness (QED) is 0.581. The fourth-order valence-electron chi connectivity index (χ4n) is 5.14. The molecule has 2 aromatic carbocycles. The van der Waals surface area contributed by atoms with Gasteiger partial charge in [-0.1, -0.05) is 30.3 Å². The smallest absolute Gasteiger partial charge is 0.326 e. The summed E-state index contributed by atoms with van der Waals surface area (Å²) in [4.78, 5) is 28.9. The molecular formula is C28H35FN2O4. The molecule has 0 saturated carbocycles. The fraction of sp³-hybridized carbons (Fsp3) is 0.500. The molecule has 1 unspecified atom stereocenters. The molecule has 0 aliphatic carbocycles. The lowest BCUT2D eigenvalue weighted by Gasteiger charge is -2.34. The lowest BCUT2D eigenvalue weighted by atomic mass is 9.96. The second kappa shape index (κ2) is 10.8. The second-order valence-corrected chi connectivity index (χ2v) is 10.3. The van der Waals surface area contributed by atoms with Gasteiger partial charge in [-0.2, -0.15) is 0 Å². The van der Waals surface area contributed by atoms with Gasteiger partial charge in [0.05, 0.1) is 12.2 Å². The van der Waals surface area contributed by atoms with Crippen LogP contribution in [0.1, 0.15) is 49.9 Å². The number of carboxylic acid groups (broad SMARTS) is 1. The number of hydrogen-bond acceptors (Lipinski definition) is 4. The summed E-state index contributed by atoms with van der Waals surface area (Å²) in [6.07, 6.45) is 3.03. The van der Waals surface area contributed by atoms with Crippen molar-refractivity contribution in [2.45, 2.75) is 51.2 Å². The lowest BCUT2D eigenvalue weighted by Crippen LogP contribution is -2.42. The number of ether oxygens (including phenoxy) is 1. The Morgan fingerprint density at radius 3 is 2.43 bits per heavy atom. The van der Waals surface area contributed by atoms with Crippen LogP contribution < -0.4 is 4.74 Å². The van der Waals surface area contributed by atoms with Crippen LogP contribution in [-0.4, -0.2) is 71.3 Å². The van der Waals surface area contributed by atoms with E-state index in [1.807, 2.05) is 42.5 Å². The standard InChI is InChI=1S/C28H35FN2O4/c1-28(2,29)19-30-15-12-20(13-16-30)18-35-22-10-11-23(21-7-4-3-5-8-21)24(17-22)26(32)31-14-6-9-25(31)27(33)34/h3-5,7-8,10-11,17,20,25H,6,9,12-16,18-19H2,1-2H3,(H,33,34). The molecule has 0 aromatic heterocycles. The molecule has 4 rings (SSSR count). The zero-order valence-electron chi connectivity index (χ0n) is 20.6. The van der Waals surface area contributed by atoms with Crippen LogP contribution in [0.4, 0.5) is 4.39 Å². The third-order valence-corrected chi connectivity index (χ3v) is 6.90. The molecule has 1 N–H and O–H groups in total. The van der Waals surface area contributed by atoms with Crippen LogP contribution >= 0.6 is 0 Å². The number of piperidine rings is 1. The first kappa shape index (κ1) is 25.2. The predicted molar refractivity (Wildman–Crippen MR) is 133 cm³/mol. The van der Waals surface area contributed by atoms with E-state index >= 15 is 0 Å². The molecule has 6 nitrogen and oxygen atoms in total. The van der Waals surface area contributed by atoms with Gasteiger partial charge in [0.2, 0.25) is 0 Å². The van der Waals surface area contributed by atoms with Gasteiger partial charge in [-0.05, 0) is 87.9 Å². The third kappa shape index (κ3) is 6.40. The largest absolute Gasteiger partial charge is 0.493 e. The summed E-state index contributed by atoms with van der Waals surface area (Å²) in [6.45, 7) is 6.34. The van der Waals surface area contributed by atoms with Gasteiger partial charge in [0, 0.05) is 13.1 Å². The number of halogens is 1. The minimum atomic E-state index is -1.19. The first-order valence-electron chi connectivity index (χ1n) is 12.5. The number of rotatable bonds is 8. The van der Waals surface area contributed by atoms with E-state index in [2.05, 4.69) is 4.90 Å². The summed E-state index contributed by atoms with van der Waals surface area (Å²) < 4.78 is 20.1. The minimum Gasteiger partial charge on any atom is -0.493 e. The van der Waals surface area contributed by atoms with Gasteiger partial charge in [-0.25, -0.2) is 9.18 Å². The maximum Gasteiger partial charge on any atom is 0.326 e. The molecule has 0 spiro atoms. The Hall–Kier alpha value is -2.93. The predicted octanol–water partition coefficient (Wildman–Crippen LogP) is 4.88. The van der Waals surface area contributed by atoms with Gasteiger partial charge in [-0.15, -0.1) is 0 Å². The van der Waals surface area contributed by atoms with Crippen LogP contribution in [0, 0.1) is 5.92 Å². The number of nitrogens with zero attached hydrogens (tertiary/aromatic N) is 2. The van der Waals surface area contributed by atoms with Gasteiger partial charge in [0.15, 0.2) is 0 Å². The van der Waals surface area contributed by atoms with Crippen LogP contribution in [-0.2, 0) is 4.79 Å². The molecule has 2 heterocycles. The molecule has 1 atom stereocenters. The van der Waals surface area contributed by atoms with E-state index in [0.29, 0.717) is 49.8 Å². The van der Waals surface area contributed by atoms with Crippen molar-refractivity contribution in [3.05, 3.63) is 54.1 Å². The Kier molecular flexibility index (Phi) is 7.75. The van der Waals surface area contributed by atoms with Crippen molar-refractivity contribution in [1.29, 1.82) is 0 Å². The van der Waals surface area contributed by atoms with E-state index in [1.165, 1.54) is 4.90 Å². The number of carboxylic acids is 1. The van der Waals surface area contributed by atoms with E-state index < -0.39 is 17.7 Å². The first-order valence-corrected chi connectivity index (χ1v) is 12.5. The fourth-order valence-corrected chi connectivity index (χ4v) is 5.14. The lowest BCUT2D eigenvalue weighted by molar-refractivity contribution is -0.141. The van der Waals surface area contributed by atoms with E-state index in [4.69, 9.17) is 4.74 Å². The molecule has 2 saturated heterocycles. The number of carbonyl (C=O) groups is 2. The van der Waals surface area contributed by atoms with Crippen LogP contribution in [0.5, 0.6) is 5.75 Å². The highest BCUT2D eigenvalue weighted by Crippen LogP contribution is 2.31. The van der Waals surface area contributed by atoms with Gasteiger partial charge >= 0.3 is 5.97 Å². The number of benzene rings is 2. The summed E-state index contributed by atoms with van der Waals surface area (Å²) in [6, 6.07) is 14.4. The molecule has 0 radical (unpaired) electrons. The van der Waals surface area contributed by atoms with Crippen LogP contribution in [0.25, 0.3) is 11.1 Å². The van der Waals surface area contributed by atoms with Crippen molar-refractivity contribution >= 4 is 11.9 Å². The highest BCUT2D eigenvalue weighted by molar-refractivity contribution is 6.03. The number of hydrogen-bond donors (Lipinski definition) is 1. The maximum atomic E-state index is 13.9. The molecule has 7 heteroatoms. The summed E-state index contributed by atoms with van der Waals surface area (Å²) in [5.41, 5.74) is 0.932. The van der Waals surface area contributed by atoms with E-state index in [9.17, 15) is 19.1 Å². The second-order valence-electron chi connectivity index (χ2n) is 10.3. The Balaban J connectivity index is 1.49. The highest BCUT2D eigenvalue weighted by atomic mass is 19.1. The molecule has 2 aliphatic rings. The number of aliphatic carboxylic acids is 1. The molecule has 188 valence electrons. The average molecular weight is 483 g/mol. The van der Waals surface area contributed by atoms with E-state index in [-0.39, 0.29) is 5.91 Å². The van der Waals surface area contributed by atoms with Crippen molar-refractivity contribution in [1.82, 2.24) is 9.80 Å². The van der Waals surface area contributed by atoms with Gasteiger partial charge in [0.1, 0.15) is 17.5 Å². The third-order valence-electron chi connectivity index (χ3n) is 6.90. The van der Waals surface area contributed by atoms with Crippen molar-refractivity contribution in [2.75, 3.05) is 32.8 Å². The topological polar surface area (TPSA) is 70.1 Å². The number of alkyl halides is 1. The van der Waals surface area contributed by atoms with E-state index in [0.717, 1.165) is 37.1 Å². The molecule has 1 amide bonds. The van der Waals surface area contributed by atoms with Gasteiger partial charge < -0.3 is 19.6 Å². The maximum absolute atomic E-state index is 13.9. The Morgan fingerprint density at radius 1 is 1.06 bits per heavy atom. The molecule has 35 heavy (non-hydrogen) atoms.